The van der Waals surface area contributed by atoms with Crippen molar-refractivity contribution in [1.29, 1.82) is 0 Å². The van der Waals surface area contributed by atoms with Gasteiger partial charge in [0, 0.05) is 9.75 Å². The largest absolute Gasteiger partial charge is 0.240 e. The molecule has 6 aromatic rings. The summed E-state index contributed by atoms with van der Waals surface area (Å²) in [6.07, 6.45) is 88.1. The van der Waals surface area contributed by atoms with Crippen molar-refractivity contribution in [3.8, 4) is 49.2 Å². The predicted octanol–water partition coefficient (Wildman–Crippen LogP) is 36.9. The molecule has 0 unspecified atom stereocenters. The molecule has 0 bridgehead atoms. The van der Waals surface area contributed by atoms with Gasteiger partial charge in [-0.25, -0.2) is 15.0 Å². The van der Waals surface area contributed by atoms with Crippen molar-refractivity contribution in [1.82, 2.24) is 15.0 Å². The Hall–Kier alpha value is -1.05. The highest BCUT2D eigenvalue weighted by atomic mass is 79.9. The topological polar surface area (TPSA) is 38.7 Å². The van der Waals surface area contributed by atoms with Crippen LogP contribution in [0.2, 0.25) is 0 Å². The summed E-state index contributed by atoms with van der Waals surface area (Å²) < 4.78 is 2.52. The molecule has 0 N–H and O–H groups in total. The van der Waals surface area contributed by atoms with Crippen molar-refractivity contribution < 1.29 is 0 Å². The molecule has 6 heterocycles. The average molecular weight is 1670 g/mol. The zero-order chi connectivity index (χ0) is 73.5. The molecule has 6 rings (SSSR count). The van der Waals surface area contributed by atoms with E-state index in [1.807, 2.05) is 45.3 Å². The van der Waals surface area contributed by atoms with Gasteiger partial charge in [-0.1, -0.05) is 388 Å². The lowest BCUT2D eigenvalue weighted by atomic mass is 10.0. The Morgan fingerprint density at radius 2 is 0.404 bits per heavy atom. The van der Waals surface area contributed by atoms with Crippen LogP contribution in [0.3, 0.4) is 0 Å². The number of thiophene rings is 3. The maximum absolute atomic E-state index is 6.02. The van der Waals surface area contributed by atoms with Gasteiger partial charge in [-0.3, -0.25) is 0 Å². The van der Waals surface area contributed by atoms with Crippen LogP contribution in [0.1, 0.15) is 461 Å². The van der Waals surface area contributed by atoms with E-state index < -0.39 is 0 Å². The molecular weight excluding hydrogens is 1510 g/mol. The molecule has 0 aliphatic heterocycles. The van der Waals surface area contributed by atoms with E-state index in [0.29, 0.717) is 0 Å². The summed E-state index contributed by atoms with van der Waals surface area (Å²) >= 11 is 20.1. The molecule has 0 atom stereocenters. The number of nitrogens with zero attached hydrogens (tertiary/aromatic N) is 3. The second-order valence-electron chi connectivity index (χ2n) is 31.8. The second kappa shape index (κ2) is 60.6. The van der Waals surface area contributed by atoms with Crippen molar-refractivity contribution in [3.63, 3.8) is 0 Å². The van der Waals surface area contributed by atoms with Gasteiger partial charge in [0.25, 0.3) is 0 Å². The SMILES string of the molecule is CCCCCCCCCCCCc1cc(Br)sc1-c1cc(CCCCCCCCCCCC)c(-c2nc(CCCCCCCCCCCC)c(-c3sc(-c4sc(-c5sc(Br)cc5CCCCCCCCCCCC)nc4CCCCCCCCCCCC)nc3CCCCCCCCCCCC)s2)s1. The van der Waals surface area contributed by atoms with Gasteiger partial charge in [0.15, 0.2) is 0 Å². The van der Waals surface area contributed by atoms with Gasteiger partial charge in [0.05, 0.1) is 49.0 Å². The van der Waals surface area contributed by atoms with Crippen LogP contribution < -0.4 is 0 Å². The van der Waals surface area contributed by atoms with Crippen molar-refractivity contribution in [2.75, 3.05) is 0 Å². The van der Waals surface area contributed by atoms with E-state index in [9.17, 15) is 0 Å². The first kappa shape index (κ1) is 91.8. The van der Waals surface area contributed by atoms with E-state index in [1.165, 1.54) is 471 Å². The number of hydrogen-bond donors (Lipinski definition) is 0. The lowest BCUT2D eigenvalue weighted by Crippen LogP contribution is -1.93. The Morgan fingerprint density at radius 3 is 0.692 bits per heavy atom. The minimum absolute atomic E-state index is 1.03. The standard InChI is InChI=1S/C93H153Br2N3S6/c1-7-13-19-25-31-37-43-49-55-61-67-76-73-82(85-77(74-83(94)100-85)68-62-56-50-44-38-32-26-20-14-8-2)99-86(76)91-96-79(70-64-58-52-46-40-34-28-22-16-10-4)88(102-91)89-80(71-65-59-53-47-41-35-29-23-17-11-5)97-93(103-89)90-81(72-66-60-54-48-42-36-30-24-18-12-6)98-92(104-90)87-78(75-84(95)101-87)69-63-57-51-45-39-33-27-21-15-9-3/h73-75H,7-72H2,1-6H3. The molecule has 0 fully saturated rings. The van der Waals surface area contributed by atoms with E-state index in [2.05, 4.69) is 114 Å². The molecule has 590 valence electrons. The monoisotopic (exact) mass is 1660 g/mol. The maximum Gasteiger partial charge on any atom is 0.136 e. The number of hydrogen-bond acceptors (Lipinski definition) is 9. The van der Waals surface area contributed by atoms with Crippen LogP contribution >= 0.6 is 99.9 Å². The minimum Gasteiger partial charge on any atom is -0.240 e. The van der Waals surface area contributed by atoms with E-state index >= 15 is 0 Å². The Labute approximate surface area is 682 Å². The number of aryl methyl sites for hydroxylation is 6. The molecule has 0 aliphatic carbocycles. The highest BCUT2D eigenvalue weighted by Gasteiger charge is 2.28. The van der Waals surface area contributed by atoms with Crippen LogP contribution in [-0.2, 0) is 38.5 Å². The molecule has 0 spiro atoms. The van der Waals surface area contributed by atoms with Crippen molar-refractivity contribution in [2.24, 2.45) is 0 Å². The molecule has 0 radical (unpaired) electrons. The summed E-state index contributed by atoms with van der Waals surface area (Å²) in [5, 5.41) is 3.72. The van der Waals surface area contributed by atoms with Gasteiger partial charge >= 0.3 is 0 Å². The van der Waals surface area contributed by atoms with Gasteiger partial charge in [-0.05, 0) is 144 Å². The third kappa shape index (κ3) is 38.0. The van der Waals surface area contributed by atoms with Crippen molar-refractivity contribution in [2.45, 2.75) is 465 Å². The summed E-state index contributed by atoms with van der Waals surface area (Å²) in [5.41, 5.74) is 8.56. The lowest BCUT2D eigenvalue weighted by Gasteiger charge is -2.05. The third-order valence-corrected chi connectivity index (χ3v) is 30.8. The lowest BCUT2D eigenvalue weighted by molar-refractivity contribution is 0.555. The minimum atomic E-state index is 1.03. The molecule has 0 aliphatic rings. The molecular formula is C93H153Br2N3S6. The molecule has 0 saturated heterocycles. The van der Waals surface area contributed by atoms with E-state index in [4.69, 9.17) is 15.0 Å². The fourth-order valence-corrected chi connectivity index (χ4v) is 24.2. The highest BCUT2D eigenvalue weighted by Crippen LogP contribution is 2.51. The molecule has 0 amide bonds. The van der Waals surface area contributed by atoms with E-state index in [1.54, 1.807) is 11.1 Å². The zero-order valence-corrected chi connectivity index (χ0v) is 76.0. The molecule has 0 saturated carbocycles. The summed E-state index contributed by atoms with van der Waals surface area (Å²) in [6.45, 7) is 14.0. The first-order valence-corrected chi connectivity index (χ1v) is 51.5. The molecule has 0 aromatic carbocycles. The molecule has 104 heavy (non-hydrogen) atoms. The van der Waals surface area contributed by atoms with E-state index in [0.717, 1.165) is 32.1 Å². The highest BCUT2D eigenvalue weighted by molar-refractivity contribution is 9.11. The number of thiazole rings is 3. The molecule has 11 heteroatoms. The van der Waals surface area contributed by atoms with Gasteiger partial charge in [-0.2, -0.15) is 0 Å². The van der Waals surface area contributed by atoms with Crippen LogP contribution in [0.25, 0.3) is 49.2 Å². The fraction of sp³-hybridized carbons (Fsp3) is 0.774. The van der Waals surface area contributed by atoms with Crippen LogP contribution in [0.5, 0.6) is 0 Å². The Morgan fingerprint density at radius 1 is 0.202 bits per heavy atom. The normalized spacial score (nSPS) is 11.9. The predicted molar refractivity (Wildman–Crippen MR) is 483 cm³/mol. The molecule has 6 aromatic heterocycles. The van der Waals surface area contributed by atoms with Crippen LogP contribution in [0, 0.1) is 0 Å². The summed E-state index contributed by atoms with van der Waals surface area (Å²) in [5.74, 6) is 0. The maximum atomic E-state index is 6.02. The van der Waals surface area contributed by atoms with Crippen molar-refractivity contribution >= 4 is 99.9 Å². The number of rotatable bonds is 71. The number of halogens is 2. The van der Waals surface area contributed by atoms with Crippen LogP contribution in [0.15, 0.2) is 25.8 Å². The summed E-state index contributed by atoms with van der Waals surface area (Å²) in [4.78, 5) is 27.9. The van der Waals surface area contributed by atoms with Crippen LogP contribution in [-0.4, -0.2) is 15.0 Å². The number of unbranched alkanes of at least 4 members (excludes halogenated alkanes) is 54. The Balaban J connectivity index is 1.38. The Kier molecular flexibility index (Phi) is 53.5. The second-order valence-corrected chi connectivity index (χ2v) is 40.7. The van der Waals surface area contributed by atoms with Crippen LogP contribution in [0.4, 0.5) is 0 Å². The smallest absolute Gasteiger partial charge is 0.136 e. The van der Waals surface area contributed by atoms with Crippen molar-refractivity contribution in [3.05, 3.63) is 59.5 Å². The van der Waals surface area contributed by atoms with Gasteiger partial charge < -0.3 is 0 Å². The summed E-state index contributed by atoms with van der Waals surface area (Å²) in [7, 11) is 0. The third-order valence-electron chi connectivity index (χ3n) is 22.2. The van der Waals surface area contributed by atoms with Gasteiger partial charge in [0.2, 0.25) is 0 Å². The van der Waals surface area contributed by atoms with E-state index in [-0.39, 0.29) is 0 Å². The molecule has 3 nitrogen and oxygen atoms in total. The summed E-state index contributed by atoms with van der Waals surface area (Å²) in [6, 6.07) is 7.58. The quantitative estimate of drug-likeness (QED) is 0.0357. The first-order chi connectivity index (χ1) is 51.3. The first-order valence-electron chi connectivity index (χ1n) is 45.0. The fourth-order valence-electron chi connectivity index (χ4n) is 15.6. The average Bonchev–Trinajstić information content (AvgIpc) is 1.62. The number of aromatic nitrogens is 3. The van der Waals surface area contributed by atoms with Gasteiger partial charge in [0.1, 0.15) is 15.0 Å². The zero-order valence-electron chi connectivity index (χ0n) is 67.9. The van der Waals surface area contributed by atoms with Gasteiger partial charge in [-0.15, -0.1) is 68.0 Å². The Bertz CT molecular complexity index is 2810.